The fourth-order valence-electron chi connectivity index (χ4n) is 3.44. The van der Waals surface area contributed by atoms with Crippen molar-refractivity contribution in [3.05, 3.63) is 0 Å². The van der Waals surface area contributed by atoms with Gasteiger partial charge in [0.05, 0.1) is 13.2 Å². The van der Waals surface area contributed by atoms with Crippen LogP contribution in [0.5, 0.6) is 0 Å². The van der Waals surface area contributed by atoms with Gasteiger partial charge in [0.1, 0.15) is 0 Å². The van der Waals surface area contributed by atoms with Crippen LogP contribution in [0, 0.1) is 5.92 Å². The van der Waals surface area contributed by atoms with E-state index in [2.05, 4.69) is 10.2 Å². The van der Waals surface area contributed by atoms with Crippen LogP contribution in [0.4, 0.5) is 0 Å². The van der Waals surface area contributed by atoms with E-state index in [0.717, 1.165) is 32.7 Å². The van der Waals surface area contributed by atoms with Gasteiger partial charge in [-0.1, -0.05) is 19.3 Å². The first-order valence-electron chi connectivity index (χ1n) is 8.38. The highest BCUT2D eigenvalue weighted by atomic mass is 16.5. The van der Waals surface area contributed by atoms with Crippen molar-refractivity contribution in [3.63, 3.8) is 0 Å². The Morgan fingerprint density at radius 3 is 2.75 bits per heavy atom. The highest BCUT2D eigenvalue weighted by Gasteiger charge is 2.26. The van der Waals surface area contributed by atoms with E-state index in [-0.39, 0.29) is 5.91 Å². The molecule has 0 bridgehead atoms. The van der Waals surface area contributed by atoms with Crippen molar-refractivity contribution < 1.29 is 9.53 Å². The van der Waals surface area contributed by atoms with E-state index in [0.29, 0.717) is 18.5 Å². The number of likely N-dealkylation sites (tertiary alicyclic amines) is 1. The zero-order valence-electron chi connectivity index (χ0n) is 12.9. The highest BCUT2D eigenvalue weighted by Crippen LogP contribution is 2.22. The second kappa shape index (κ2) is 8.63. The lowest BCUT2D eigenvalue weighted by Crippen LogP contribution is -2.42. The van der Waals surface area contributed by atoms with Crippen molar-refractivity contribution >= 4 is 5.91 Å². The minimum absolute atomic E-state index is 0.193. The van der Waals surface area contributed by atoms with Gasteiger partial charge in [0, 0.05) is 19.2 Å². The van der Waals surface area contributed by atoms with Crippen molar-refractivity contribution in [2.45, 2.75) is 57.9 Å². The molecule has 0 radical (unpaired) electrons. The molecule has 4 heteroatoms. The van der Waals surface area contributed by atoms with Gasteiger partial charge in [0.2, 0.25) is 5.91 Å². The number of amides is 1. The minimum atomic E-state index is 0.193. The van der Waals surface area contributed by atoms with Crippen molar-refractivity contribution in [3.8, 4) is 0 Å². The molecule has 2 rings (SSSR count). The van der Waals surface area contributed by atoms with Gasteiger partial charge in [0.15, 0.2) is 0 Å². The Kier molecular flexibility index (Phi) is 6.80. The molecule has 2 fully saturated rings. The molecule has 116 valence electrons. The van der Waals surface area contributed by atoms with Crippen LogP contribution in [0.2, 0.25) is 0 Å². The van der Waals surface area contributed by atoms with E-state index in [9.17, 15) is 4.79 Å². The first-order valence-corrected chi connectivity index (χ1v) is 8.38. The molecule has 1 N–H and O–H groups in total. The molecule has 1 saturated heterocycles. The Morgan fingerprint density at radius 2 is 2.00 bits per heavy atom. The fourth-order valence-corrected chi connectivity index (χ4v) is 3.44. The predicted molar refractivity (Wildman–Crippen MR) is 80.7 cm³/mol. The van der Waals surface area contributed by atoms with Gasteiger partial charge in [0.25, 0.3) is 0 Å². The Morgan fingerprint density at radius 1 is 1.20 bits per heavy atom. The largest absolute Gasteiger partial charge is 0.380 e. The monoisotopic (exact) mass is 282 g/mol. The lowest BCUT2D eigenvalue weighted by molar-refractivity contribution is -0.122. The second-order valence-electron chi connectivity index (χ2n) is 6.23. The molecular formula is C16H30N2O2. The van der Waals surface area contributed by atoms with Gasteiger partial charge in [-0.25, -0.2) is 0 Å². The van der Waals surface area contributed by atoms with E-state index in [1.807, 2.05) is 6.92 Å². The quantitative estimate of drug-likeness (QED) is 0.778. The number of hydrogen-bond donors (Lipinski definition) is 1. The summed E-state index contributed by atoms with van der Waals surface area (Å²) in [5.41, 5.74) is 0. The molecule has 1 aliphatic heterocycles. The summed E-state index contributed by atoms with van der Waals surface area (Å²) >= 11 is 0. The number of ether oxygens (including phenoxy) is 1. The van der Waals surface area contributed by atoms with Crippen LogP contribution < -0.4 is 5.32 Å². The minimum Gasteiger partial charge on any atom is -0.380 e. The van der Waals surface area contributed by atoms with Gasteiger partial charge >= 0.3 is 0 Å². The van der Waals surface area contributed by atoms with Gasteiger partial charge in [-0.15, -0.1) is 0 Å². The van der Waals surface area contributed by atoms with Crippen LogP contribution in [0.25, 0.3) is 0 Å². The normalized spacial score (nSPS) is 24.9. The van der Waals surface area contributed by atoms with Crippen molar-refractivity contribution in [1.82, 2.24) is 10.2 Å². The third-order valence-electron chi connectivity index (χ3n) is 4.67. The van der Waals surface area contributed by atoms with Crippen LogP contribution in [0.15, 0.2) is 0 Å². The maximum absolute atomic E-state index is 12.1. The van der Waals surface area contributed by atoms with Crippen LogP contribution >= 0.6 is 0 Å². The van der Waals surface area contributed by atoms with Gasteiger partial charge in [-0.3, -0.25) is 9.69 Å². The Bertz CT molecular complexity index is 290. The topological polar surface area (TPSA) is 41.6 Å². The average Bonchev–Trinajstić information content (AvgIpc) is 2.91. The molecule has 20 heavy (non-hydrogen) atoms. The molecule has 1 amide bonds. The summed E-state index contributed by atoms with van der Waals surface area (Å²) in [6, 6.07) is 0.440. The lowest BCUT2D eigenvalue weighted by atomic mass is 9.89. The molecule has 1 heterocycles. The van der Waals surface area contributed by atoms with E-state index in [4.69, 9.17) is 4.74 Å². The van der Waals surface area contributed by atoms with Crippen molar-refractivity contribution in [2.75, 3.05) is 32.8 Å². The maximum Gasteiger partial charge on any atom is 0.234 e. The number of hydrogen-bond acceptors (Lipinski definition) is 3. The predicted octanol–water partition coefficient (Wildman–Crippen LogP) is 2.18. The molecule has 0 aromatic heterocycles. The summed E-state index contributed by atoms with van der Waals surface area (Å²) in [5, 5.41) is 3.13. The summed E-state index contributed by atoms with van der Waals surface area (Å²) in [7, 11) is 0. The van der Waals surface area contributed by atoms with Gasteiger partial charge in [-0.05, 0) is 45.1 Å². The maximum atomic E-state index is 12.1. The summed E-state index contributed by atoms with van der Waals surface area (Å²) in [4.78, 5) is 14.4. The third-order valence-corrected chi connectivity index (χ3v) is 4.67. The molecule has 1 unspecified atom stereocenters. The van der Waals surface area contributed by atoms with Gasteiger partial charge < -0.3 is 10.1 Å². The van der Waals surface area contributed by atoms with Crippen LogP contribution in [0.1, 0.15) is 51.9 Å². The Balaban J connectivity index is 1.65. The average molecular weight is 282 g/mol. The van der Waals surface area contributed by atoms with E-state index >= 15 is 0 Å². The first-order chi connectivity index (χ1) is 9.79. The number of nitrogens with one attached hydrogen (secondary N) is 1. The molecular weight excluding hydrogens is 252 g/mol. The number of rotatable bonds is 7. The van der Waals surface area contributed by atoms with Crippen molar-refractivity contribution in [1.29, 1.82) is 0 Å². The molecule has 0 spiro atoms. The summed E-state index contributed by atoms with van der Waals surface area (Å²) in [6.45, 7) is 6.02. The number of nitrogens with zero attached hydrogens (tertiary/aromatic N) is 1. The number of carbonyl (C=O) groups excluding carboxylic acids is 1. The highest BCUT2D eigenvalue weighted by molar-refractivity contribution is 5.78. The molecule has 1 atom stereocenters. The smallest absolute Gasteiger partial charge is 0.234 e. The molecule has 0 aromatic rings. The zero-order chi connectivity index (χ0) is 14.2. The van der Waals surface area contributed by atoms with Crippen molar-refractivity contribution in [2.24, 2.45) is 5.92 Å². The second-order valence-corrected chi connectivity index (χ2v) is 6.23. The zero-order valence-corrected chi connectivity index (χ0v) is 12.9. The lowest BCUT2D eigenvalue weighted by Gasteiger charge is -2.25. The molecule has 4 nitrogen and oxygen atoms in total. The standard InChI is InChI=1S/C16H30N2O2/c1-2-20-13-15-9-6-10-18(15)12-16(19)17-11-14-7-4-3-5-8-14/h14-15H,2-13H2,1H3,(H,17,19). The molecule has 2 aliphatic rings. The van der Waals surface area contributed by atoms with E-state index in [1.54, 1.807) is 0 Å². The van der Waals surface area contributed by atoms with Crippen LogP contribution in [0.3, 0.4) is 0 Å². The van der Waals surface area contributed by atoms with E-state index < -0.39 is 0 Å². The molecule has 1 saturated carbocycles. The van der Waals surface area contributed by atoms with Crippen LogP contribution in [-0.2, 0) is 9.53 Å². The summed E-state index contributed by atoms with van der Waals surface area (Å²) in [5.74, 6) is 0.907. The summed E-state index contributed by atoms with van der Waals surface area (Å²) in [6.07, 6.45) is 8.97. The fraction of sp³-hybridized carbons (Fsp3) is 0.938. The summed E-state index contributed by atoms with van der Waals surface area (Å²) < 4.78 is 5.51. The van der Waals surface area contributed by atoms with E-state index in [1.165, 1.54) is 38.5 Å². The van der Waals surface area contributed by atoms with Crippen LogP contribution in [-0.4, -0.2) is 49.7 Å². The number of carbonyl (C=O) groups is 1. The Hall–Kier alpha value is -0.610. The molecule has 1 aliphatic carbocycles. The molecule has 0 aromatic carbocycles. The third kappa shape index (κ3) is 5.06. The Labute approximate surface area is 123 Å². The SMILES string of the molecule is CCOCC1CCCN1CC(=O)NCC1CCCCC1. The van der Waals surface area contributed by atoms with Gasteiger partial charge in [-0.2, -0.15) is 0 Å². The first kappa shape index (κ1) is 15.8.